The van der Waals surface area contributed by atoms with Gasteiger partial charge in [-0.05, 0) is 67.6 Å². The van der Waals surface area contributed by atoms with E-state index in [1.165, 1.54) is 5.56 Å². The number of carbonyl (C=O) groups is 1. The van der Waals surface area contributed by atoms with Crippen LogP contribution in [-0.4, -0.2) is 19.1 Å². The maximum absolute atomic E-state index is 12.2. The summed E-state index contributed by atoms with van der Waals surface area (Å²) in [5.74, 6) is 0.730. The summed E-state index contributed by atoms with van der Waals surface area (Å²) in [5.41, 5.74) is 5.36. The first kappa shape index (κ1) is 20.5. The quantitative estimate of drug-likeness (QED) is 0.485. The van der Waals surface area contributed by atoms with Crippen LogP contribution in [0.15, 0.2) is 72.8 Å². The number of benzene rings is 3. The van der Waals surface area contributed by atoms with Gasteiger partial charge in [0.25, 0.3) is 0 Å². The van der Waals surface area contributed by atoms with Crippen molar-refractivity contribution in [1.82, 2.24) is 0 Å². The van der Waals surface area contributed by atoms with Gasteiger partial charge in [-0.15, -0.1) is 0 Å². The molecule has 0 radical (unpaired) electrons. The number of hydrogen-bond acceptors (Lipinski definition) is 3. The zero-order valence-corrected chi connectivity index (χ0v) is 17.1. The Morgan fingerprint density at radius 1 is 0.862 bits per heavy atom. The first-order chi connectivity index (χ1) is 14.1. The van der Waals surface area contributed by atoms with Crippen molar-refractivity contribution in [2.24, 2.45) is 0 Å². The van der Waals surface area contributed by atoms with Crippen molar-refractivity contribution < 1.29 is 9.53 Å². The number of carbonyl (C=O) groups excluding carboxylic acids is 1. The van der Waals surface area contributed by atoms with E-state index in [4.69, 9.17) is 4.74 Å². The number of para-hydroxylation sites is 1. The average Bonchev–Trinajstić information content (AvgIpc) is 2.73. The van der Waals surface area contributed by atoms with Gasteiger partial charge in [-0.3, -0.25) is 4.79 Å². The first-order valence-electron chi connectivity index (χ1n) is 9.98. The molecule has 3 aromatic rings. The molecule has 0 saturated carbocycles. The summed E-state index contributed by atoms with van der Waals surface area (Å²) < 4.78 is 5.79. The Morgan fingerprint density at radius 3 is 2.24 bits per heavy atom. The number of anilines is 2. The van der Waals surface area contributed by atoms with Gasteiger partial charge < -0.3 is 15.4 Å². The SMILES string of the molecule is Cc1cccc(C)c1NCC(=O)Nc1ccc(OCCCc2ccccc2)cc1. The van der Waals surface area contributed by atoms with Crippen molar-refractivity contribution in [1.29, 1.82) is 0 Å². The van der Waals surface area contributed by atoms with Crippen LogP contribution >= 0.6 is 0 Å². The fourth-order valence-corrected chi connectivity index (χ4v) is 3.21. The summed E-state index contributed by atoms with van der Waals surface area (Å²) >= 11 is 0. The minimum absolute atomic E-state index is 0.0795. The molecule has 0 bridgehead atoms. The summed E-state index contributed by atoms with van der Waals surface area (Å²) in [4.78, 5) is 12.2. The van der Waals surface area contributed by atoms with Crippen LogP contribution in [-0.2, 0) is 11.2 Å². The molecular formula is C25H28N2O2. The Morgan fingerprint density at radius 2 is 1.55 bits per heavy atom. The van der Waals surface area contributed by atoms with Gasteiger partial charge >= 0.3 is 0 Å². The molecule has 0 spiro atoms. The topological polar surface area (TPSA) is 50.4 Å². The van der Waals surface area contributed by atoms with Gasteiger partial charge in [0.1, 0.15) is 5.75 Å². The van der Waals surface area contributed by atoms with Gasteiger partial charge in [-0.25, -0.2) is 0 Å². The van der Waals surface area contributed by atoms with Crippen molar-refractivity contribution in [3.05, 3.63) is 89.5 Å². The third-order valence-electron chi connectivity index (χ3n) is 4.77. The number of rotatable bonds is 9. The number of nitrogens with one attached hydrogen (secondary N) is 2. The maximum Gasteiger partial charge on any atom is 0.243 e. The lowest BCUT2D eigenvalue weighted by atomic mass is 10.1. The molecule has 4 nitrogen and oxygen atoms in total. The third kappa shape index (κ3) is 6.39. The van der Waals surface area contributed by atoms with Crippen LogP contribution < -0.4 is 15.4 Å². The fourth-order valence-electron chi connectivity index (χ4n) is 3.21. The molecule has 0 aromatic heterocycles. The Balaban J connectivity index is 1.41. The van der Waals surface area contributed by atoms with Gasteiger partial charge in [-0.1, -0.05) is 48.5 Å². The molecule has 0 saturated heterocycles. The van der Waals surface area contributed by atoms with Crippen molar-refractivity contribution in [2.75, 3.05) is 23.8 Å². The molecule has 0 aliphatic rings. The van der Waals surface area contributed by atoms with E-state index in [1.54, 1.807) is 0 Å². The molecule has 0 unspecified atom stereocenters. The van der Waals surface area contributed by atoms with E-state index in [0.717, 1.165) is 41.1 Å². The van der Waals surface area contributed by atoms with Crippen LogP contribution in [0.3, 0.4) is 0 Å². The summed E-state index contributed by atoms with van der Waals surface area (Å²) in [7, 11) is 0. The summed E-state index contributed by atoms with van der Waals surface area (Å²) in [6, 6.07) is 24.0. The molecule has 0 atom stereocenters. The smallest absolute Gasteiger partial charge is 0.243 e. The van der Waals surface area contributed by atoms with Crippen molar-refractivity contribution in [3.8, 4) is 5.75 Å². The minimum atomic E-state index is -0.0795. The first-order valence-corrected chi connectivity index (χ1v) is 9.98. The van der Waals surface area contributed by atoms with Crippen LogP contribution in [0.2, 0.25) is 0 Å². The van der Waals surface area contributed by atoms with Crippen molar-refractivity contribution >= 4 is 17.3 Å². The zero-order valence-electron chi connectivity index (χ0n) is 17.1. The van der Waals surface area contributed by atoms with Crippen LogP contribution in [0.25, 0.3) is 0 Å². The number of amides is 1. The Kier molecular flexibility index (Phi) is 7.28. The molecule has 3 rings (SSSR count). The molecule has 0 heterocycles. The molecule has 29 heavy (non-hydrogen) atoms. The van der Waals surface area contributed by atoms with Crippen molar-refractivity contribution in [2.45, 2.75) is 26.7 Å². The standard InChI is InChI=1S/C25H28N2O2/c1-19-8-6-9-20(2)25(19)26-18-24(28)27-22-13-15-23(16-14-22)29-17-7-12-21-10-4-3-5-11-21/h3-6,8-11,13-16,26H,7,12,17-18H2,1-2H3,(H,27,28). The summed E-state index contributed by atoms with van der Waals surface area (Å²) in [6.07, 6.45) is 1.97. The average molecular weight is 389 g/mol. The number of ether oxygens (including phenoxy) is 1. The lowest BCUT2D eigenvalue weighted by molar-refractivity contribution is -0.114. The highest BCUT2D eigenvalue weighted by Crippen LogP contribution is 2.19. The number of hydrogen-bond donors (Lipinski definition) is 2. The maximum atomic E-state index is 12.2. The molecule has 2 N–H and O–H groups in total. The molecule has 4 heteroatoms. The third-order valence-corrected chi connectivity index (χ3v) is 4.77. The van der Waals surface area contributed by atoms with Gasteiger partial charge in [0.2, 0.25) is 5.91 Å². The van der Waals surface area contributed by atoms with Crippen molar-refractivity contribution in [3.63, 3.8) is 0 Å². The highest BCUT2D eigenvalue weighted by Gasteiger charge is 2.06. The Hall–Kier alpha value is -3.27. The monoisotopic (exact) mass is 388 g/mol. The van der Waals surface area contributed by atoms with Gasteiger partial charge in [0.05, 0.1) is 13.2 Å². The normalized spacial score (nSPS) is 10.4. The van der Waals surface area contributed by atoms with Crippen LogP contribution in [0.1, 0.15) is 23.1 Å². The van der Waals surface area contributed by atoms with Gasteiger partial charge in [0.15, 0.2) is 0 Å². The van der Waals surface area contributed by atoms with E-state index in [1.807, 2.05) is 62.4 Å². The van der Waals surface area contributed by atoms with E-state index in [9.17, 15) is 4.79 Å². The highest BCUT2D eigenvalue weighted by atomic mass is 16.5. The second-order valence-corrected chi connectivity index (χ2v) is 7.13. The fraction of sp³-hybridized carbons (Fsp3) is 0.240. The van der Waals surface area contributed by atoms with Crippen LogP contribution in [0.5, 0.6) is 5.75 Å². The number of aryl methyl sites for hydroxylation is 3. The predicted octanol–water partition coefficient (Wildman–Crippen LogP) is 5.37. The molecule has 3 aromatic carbocycles. The van der Waals surface area contributed by atoms with Crippen LogP contribution in [0, 0.1) is 13.8 Å². The highest BCUT2D eigenvalue weighted by molar-refractivity contribution is 5.94. The van der Waals surface area contributed by atoms with Gasteiger partial charge in [0, 0.05) is 11.4 Å². The largest absolute Gasteiger partial charge is 0.494 e. The van der Waals surface area contributed by atoms with E-state index in [2.05, 4.69) is 34.9 Å². The molecule has 0 aliphatic carbocycles. The molecule has 1 amide bonds. The second-order valence-electron chi connectivity index (χ2n) is 7.13. The van der Waals surface area contributed by atoms with Gasteiger partial charge in [-0.2, -0.15) is 0 Å². The van der Waals surface area contributed by atoms with E-state index in [0.29, 0.717) is 6.61 Å². The Bertz CT molecular complexity index is 901. The molecule has 0 aliphatic heterocycles. The lowest BCUT2D eigenvalue weighted by Crippen LogP contribution is -2.22. The minimum Gasteiger partial charge on any atom is -0.494 e. The molecule has 0 fully saturated rings. The molecular weight excluding hydrogens is 360 g/mol. The molecule has 150 valence electrons. The summed E-state index contributed by atoms with van der Waals surface area (Å²) in [5, 5.41) is 6.13. The lowest BCUT2D eigenvalue weighted by Gasteiger charge is -2.13. The summed E-state index contributed by atoms with van der Waals surface area (Å²) in [6.45, 7) is 4.96. The van der Waals surface area contributed by atoms with Crippen LogP contribution in [0.4, 0.5) is 11.4 Å². The van der Waals surface area contributed by atoms with E-state index in [-0.39, 0.29) is 12.5 Å². The second kappa shape index (κ2) is 10.3. The van der Waals surface area contributed by atoms with E-state index >= 15 is 0 Å². The Labute approximate surface area is 172 Å². The predicted molar refractivity (Wildman–Crippen MR) is 120 cm³/mol. The zero-order chi connectivity index (χ0) is 20.5. The van der Waals surface area contributed by atoms with E-state index < -0.39 is 0 Å².